The predicted octanol–water partition coefficient (Wildman–Crippen LogP) is 3.24. The summed E-state index contributed by atoms with van der Waals surface area (Å²) in [6.07, 6.45) is 6.03. The third-order valence-corrected chi connectivity index (χ3v) is 3.68. The number of hydrogen-bond donors (Lipinski definition) is 1. The maximum absolute atomic E-state index is 14.1. The van der Waals surface area contributed by atoms with Crippen LogP contribution in [0.25, 0.3) is 0 Å². The fourth-order valence-corrected chi connectivity index (χ4v) is 2.70. The van der Waals surface area contributed by atoms with Crippen molar-refractivity contribution in [3.8, 4) is 0 Å². The second-order valence-corrected chi connectivity index (χ2v) is 5.20. The van der Waals surface area contributed by atoms with Gasteiger partial charge in [-0.05, 0) is 43.5 Å². The first-order chi connectivity index (χ1) is 9.22. The first-order valence-corrected chi connectivity index (χ1v) is 7.15. The van der Waals surface area contributed by atoms with E-state index in [0.717, 1.165) is 38.8 Å². The monoisotopic (exact) mass is 268 g/mol. The molecule has 106 valence electrons. The van der Waals surface area contributed by atoms with Gasteiger partial charge >= 0.3 is 0 Å². The minimum Gasteiger partial charge on any atom is -0.367 e. The van der Waals surface area contributed by atoms with Crippen LogP contribution in [0.3, 0.4) is 0 Å². The second kappa shape index (κ2) is 6.85. The van der Waals surface area contributed by atoms with Crippen molar-refractivity contribution in [1.29, 1.82) is 0 Å². The van der Waals surface area contributed by atoms with E-state index < -0.39 is 11.6 Å². The average Bonchev–Trinajstić information content (AvgIpc) is 2.31. The van der Waals surface area contributed by atoms with Crippen LogP contribution in [-0.2, 0) is 6.42 Å². The Balaban J connectivity index is 2.22. The maximum Gasteiger partial charge on any atom is 0.149 e. The van der Waals surface area contributed by atoms with E-state index in [1.54, 1.807) is 0 Å². The molecule has 0 bridgehead atoms. The quantitative estimate of drug-likeness (QED) is 0.912. The highest BCUT2D eigenvalue weighted by Crippen LogP contribution is 2.27. The molecule has 19 heavy (non-hydrogen) atoms. The summed E-state index contributed by atoms with van der Waals surface area (Å²) >= 11 is 0. The Morgan fingerprint density at radius 3 is 2.00 bits per heavy atom. The highest BCUT2D eigenvalue weighted by atomic mass is 19.1. The zero-order valence-electron chi connectivity index (χ0n) is 11.3. The van der Waals surface area contributed by atoms with Crippen molar-refractivity contribution in [3.63, 3.8) is 0 Å². The maximum atomic E-state index is 14.1. The summed E-state index contributed by atoms with van der Waals surface area (Å²) in [5.41, 5.74) is 6.20. The number of nitrogens with zero attached hydrogens (tertiary/aromatic N) is 1. The Kier molecular flexibility index (Phi) is 5.14. The van der Waals surface area contributed by atoms with E-state index in [9.17, 15) is 8.78 Å². The van der Waals surface area contributed by atoms with Gasteiger partial charge in [0.25, 0.3) is 0 Å². The molecule has 1 saturated heterocycles. The number of anilines is 1. The fraction of sp³-hybridized carbons (Fsp3) is 0.600. The zero-order chi connectivity index (χ0) is 13.7. The molecule has 1 fully saturated rings. The van der Waals surface area contributed by atoms with Crippen LogP contribution in [0.15, 0.2) is 12.1 Å². The van der Waals surface area contributed by atoms with E-state index in [2.05, 4.69) is 0 Å². The lowest BCUT2D eigenvalue weighted by molar-refractivity contribution is 0.525. The molecule has 2 rings (SSSR count). The van der Waals surface area contributed by atoms with Gasteiger partial charge < -0.3 is 10.6 Å². The van der Waals surface area contributed by atoms with E-state index in [-0.39, 0.29) is 5.69 Å². The lowest BCUT2D eigenvalue weighted by atomic mass is 10.1. The van der Waals surface area contributed by atoms with Crippen molar-refractivity contribution in [3.05, 3.63) is 29.3 Å². The average molecular weight is 268 g/mol. The van der Waals surface area contributed by atoms with Gasteiger partial charge in [0.05, 0.1) is 0 Å². The van der Waals surface area contributed by atoms with Gasteiger partial charge in [0.1, 0.15) is 17.3 Å². The Morgan fingerprint density at radius 1 is 0.947 bits per heavy atom. The number of halogens is 2. The molecule has 2 N–H and O–H groups in total. The summed E-state index contributed by atoms with van der Waals surface area (Å²) in [6.45, 7) is 1.89. The van der Waals surface area contributed by atoms with Gasteiger partial charge in [-0.2, -0.15) is 0 Å². The summed E-state index contributed by atoms with van der Waals surface area (Å²) in [5, 5.41) is 0. The SMILES string of the molecule is NCCc1cc(F)c(N2CCCCCCC2)c(F)c1. The number of rotatable bonds is 3. The molecule has 1 aliphatic heterocycles. The highest BCUT2D eigenvalue weighted by Gasteiger charge is 2.18. The lowest BCUT2D eigenvalue weighted by Gasteiger charge is -2.27. The molecular weight excluding hydrogens is 246 g/mol. The molecule has 1 aliphatic rings. The molecule has 0 unspecified atom stereocenters. The molecule has 1 aromatic carbocycles. The Labute approximate surface area is 113 Å². The molecule has 0 saturated carbocycles. The molecule has 1 aromatic rings. The third-order valence-electron chi connectivity index (χ3n) is 3.68. The first-order valence-electron chi connectivity index (χ1n) is 7.15. The van der Waals surface area contributed by atoms with Crippen molar-refractivity contribution < 1.29 is 8.78 Å². The van der Waals surface area contributed by atoms with Crippen LogP contribution in [0.4, 0.5) is 14.5 Å². The van der Waals surface area contributed by atoms with Crippen LogP contribution < -0.4 is 10.6 Å². The van der Waals surface area contributed by atoms with Crippen molar-refractivity contribution >= 4 is 5.69 Å². The van der Waals surface area contributed by atoms with Crippen molar-refractivity contribution in [2.45, 2.75) is 38.5 Å². The van der Waals surface area contributed by atoms with E-state index in [1.165, 1.54) is 18.6 Å². The van der Waals surface area contributed by atoms with E-state index in [1.807, 2.05) is 4.90 Å². The smallest absolute Gasteiger partial charge is 0.149 e. The Morgan fingerprint density at radius 2 is 1.47 bits per heavy atom. The topological polar surface area (TPSA) is 29.3 Å². The summed E-state index contributed by atoms with van der Waals surface area (Å²) < 4.78 is 28.3. The van der Waals surface area contributed by atoms with Gasteiger partial charge in [-0.3, -0.25) is 0 Å². The summed E-state index contributed by atoms with van der Waals surface area (Å²) in [4.78, 5) is 1.86. The van der Waals surface area contributed by atoms with E-state index >= 15 is 0 Å². The van der Waals surface area contributed by atoms with Crippen LogP contribution in [0, 0.1) is 11.6 Å². The first kappa shape index (κ1) is 14.3. The van der Waals surface area contributed by atoms with Gasteiger partial charge in [-0.25, -0.2) is 8.78 Å². The Hall–Kier alpha value is -1.16. The van der Waals surface area contributed by atoms with Gasteiger partial charge in [0.2, 0.25) is 0 Å². The molecule has 2 nitrogen and oxygen atoms in total. The molecule has 0 radical (unpaired) electrons. The molecular formula is C15H22F2N2. The van der Waals surface area contributed by atoms with E-state index in [4.69, 9.17) is 5.73 Å². The molecule has 0 amide bonds. The Bertz CT molecular complexity index is 390. The molecule has 0 spiro atoms. The minimum atomic E-state index is -0.455. The van der Waals surface area contributed by atoms with Crippen LogP contribution >= 0.6 is 0 Å². The zero-order valence-corrected chi connectivity index (χ0v) is 11.3. The molecule has 1 heterocycles. The second-order valence-electron chi connectivity index (χ2n) is 5.20. The summed E-state index contributed by atoms with van der Waals surface area (Å²) in [6, 6.07) is 2.84. The lowest BCUT2D eigenvalue weighted by Crippen LogP contribution is -2.29. The molecule has 0 atom stereocenters. The van der Waals surface area contributed by atoms with Gasteiger partial charge in [0.15, 0.2) is 0 Å². The number of hydrogen-bond acceptors (Lipinski definition) is 2. The normalized spacial score (nSPS) is 17.1. The summed E-state index contributed by atoms with van der Waals surface area (Å²) in [7, 11) is 0. The largest absolute Gasteiger partial charge is 0.367 e. The van der Waals surface area contributed by atoms with Gasteiger partial charge in [-0.15, -0.1) is 0 Å². The van der Waals surface area contributed by atoms with Crippen LogP contribution in [-0.4, -0.2) is 19.6 Å². The van der Waals surface area contributed by atoms with Crippen molar-refractivity contribution in [1.82, 2.24) is 0 Å². The van der Waals surface area contributed by atoms with Crippen molar-refractivity contribution in [2.24, 2.45) is 5.73 Å². The molecule has 4 heteroatoms. The van der Waals surface area contributed by atoms with Crippen molar-refractivity contribution in [2.75, 3.05) is 24.5 Å². The van der Waals surface area contributed by atoms with Gasteiger partial charge in [0, 0.05) is 13.1 Å². The molecule has 0 aromatic heterocycles. The standard InChI is InChI=1S/C15H22F2N2/c16-13-10-12(6-7-18)11-14(17)15(13)19-8-4-2-1-3-5-9-19/h10-11H,1-9,18H2. The van der Waals surface area contributed by atoms with Gasteiger partial charge in [-0.1, -0.05) is 19.3 Å². The fourth-order valence-electron chi connectivity index (χ4n) is 2.70. The van der Waals surface area contributed by atoms with Crippen LogP contribution in [0.1, 0.15) is 37.7 Å². The third kappa shape index (κ3) is 3.66. The number of nitrogens with two attached hydrogens (primary N) is 1. The molecule has 0 aliphatic carbocycles. The van der Waals surface area contributed by atoms with E-state index in [0.29, 0.717) is 18.5 Å². The van der Waals surface area contributed by atoms with Crippen LogP contribution in [0.2, 0.25) is 0 Å². The van der Waals surface area contributed by atoms with Crippen LogP contribution in [0.5, 0.6) is 0 Å². The predicted molar refractivity (Wildman–Crippen MR) is 74.4 cm³/mol. The highest BCUT2D eigenvalue weighted by molar-refractivity contribution is 5.50. The minimum absolute atomic E-state index is 0.141. The number of benzene rings is 1. The summed E-state index contributed by atoms with van der Waals surface area (Å²) in [5.74, 6) is -0.909.